The minimum absolute atomic E-state index is 0.000920. The number of carbonyl (C=O) groups is 4. The summed E-state index contributed by atoms with van der Waals surface area (Å²) in [6.45, 7) is 4.33. The predicted molar refractivity (Wildman–Crippen MR) is 112 cm³/mol. The molecule has 4 amide bonds. The number of amides is 4. The highest BCUT2D eigenvalue weighted by molar-refractivity contribution is 6.05. The molecule has 160 valence electrons. The molecule has 0 unspecified atom stereocenters. The average Bonchev–Trinajstić information content (AvgIpc) is 3.01. The smallest absolute Gasteiger partial charge is 0.242 e. The van der Waals surface area contributed by atoms with E-state index in [1.807, 2.05) is 49.4 Å². The second-order valence-electron chi connectivity index (χ2n) is 7.81. The number of nitrogens with zero attached hydrogens (tertiary/aromatic N) is 2. The van der Waals surface area contributed by atoms with Gasteiger partial charge in [0.2, 0.25) is 23.6 Å². The van der Waals surface area contributed by atoms with Crippen molar-refractivity contribution < 1.29 is 19.2 Å². The topological polar surface area (TPSA) is 86.8 Å². The van der Waals surface area contributed by atoms with Gasteiger partial charge in [-0.05, 0) is 32.3 Å². The van der Waals surface area contributed by atoms with E-state index >= 15 is 0 Å². The van der Waals surface area contributed by atoms with Gasteiger partial charge >= 0.3 is 0 Å². The van der Waals surface area contributed by atoms with E-state index in [1.54, 1.807) is 6.92 Å². The lowest BCUT2D eigenvalue weighted by atomic mass is 9.85. The zero-order valence-electron chi connectivity index (χ0n) is 17.5. The predicted octanol–water partition coefficient (Wildman–Crippen LogP) is 1.88. The highest BCUT2D eigenvalue weighted by atomic mass is 16.2. The molecule has 0 saturated carbocycles. The third-order valence-corrected chi connectivity index (χ3v) is 5.86. The lowest BCUT2D eigenvalue weighted by molar-refractivity contribution is -0.143. The van der Waals surface area contributed by atoms with E-state index < -0.39 is 6.04 Å². The van der Waals surface area contributed by atoms with Crippen LogP contribution in [-0.2, 0) is 25.7 Å². The zero-order valence-corrected chi connectivity index (χ0v) is 17.5. The van der Waals surface area contributed by atoms with E-state index in [9.17, 15) is 19.2 Å². The van der Waals surface area contributed by atoms with Gasteiger partial charge in [-0.15, -0.1) is 0 Å². The van der Waals surface area contributed by atoms with Crippen molar-refractivity contribution in [3.8, 4) is 0 Å². The van der Waals surface area contributed by atoms with Gasteiger partial charge in [-0.3, -0.25) is 24.1 Å². The fraction of sp³-hybridized carbons (Fsp3) is 0.478. The maximum atomic E-state index is 13.1. The van der Waals surface area contributed by atoms with Crippen LogP contribution in [0.4, 0.5) is 0 Å². The van der Waals surface area contributed by atoms with E-state index in [0.717, 1.165) is 5.56 Å². The standard InChI is InChI=1S/C23H29N3O4/c1-3-24-21(28)16(2)26(15-17-9-5-4-6-10-17)20(27)13-14-25-22(29)18-11-7-8-12-19(18)23(25)30/h4-10,16,18-19H,3,11-15H2,1-2H3,(H,24,28)/t16-,18-,19+/m1/s1. The molecule has 2 aliphatic rings. The summed E-state index contributed by atoms with van der Waals surface area (Å²) in [5.74, 6) is -1.46. The van der Waals surface area contributed by atoms with Crippen LogP contribution in [0.5, 0.6) is 0 Å². The largest absolute Gasteiger partial charge is 0.355 e. The lowest BCUT2D eigenvalue weighted by Crippen LogP contribution is -2.48. The molecule has 1 saturated heterocycles. The van der Waals surface area contributed by atoms with Gasteiger partial charge in [-0.25, -0.2) is 0 Å². The first-order valence-electron chi connectivity index (χ1n) is 10.5. The van der Waals surface area contributed by atoms with Gasteiger partial charge in [0, 0.05) is 26.1 Å². The first-order valence-corrected chi connectivity index (χ1v) is 10.5. The molecule has 1 fully saturated rings. The van der Waals surface area contributed by atoms with Crippen molar-refractivity contribution in [2.45, 2.75) is 45.7 Å². The summed E-state index contributed by atoms with van der Waals surface area (Å²) in [7, 11) is 0. The first kappa shape index (κ1) is 21.7. The van der Waals surface area contributed by atoms with Crippen LogP contribution in [-0.4, -0.2) is 52.6 Å². The lowest BCUT2D eigenvalue weighted by Gasteiger charge is -2.29. The molecule has 0 bridgehead atoms. The Balaban J connectivity index is 1.69. The number of carbonyl (C=O) groups excluding carboxylic acids is 4. The molecule has 30 heavy (non-hydrogen) atoms. The van der Waals surface area contributed by atoms with Crippen molar-refractivity contribution in [3.63, 3.8) is 0 Å². The molecule has 7 nitrogen and oxygen atoms in total. The molecule has 3 atom stereocenters. The Bertz CT molecular complexity index is 810. The Kier molecular flexibility index (Phi) is 7.03. The van der Waals surface area contributed by atoms with Crippen molar-refractivity contribution in [1.29, 1.82) is 0 Å². The maximum absolute atomic E-state index is 13.1. The molecule has 1 aliphatic heterocycles. The molecule has 0 aromatic heterocycles. The third kappa shape index (κ3) is 4.61. The molecule has 1 heterocycles. The Morgan fingerprint density at radius 3 is 2.27 bits per heavy atom. The fourth-order valence-electron chi connectivity index (χ4n) is 4.13. The van der Waals surface area contributed by atoms with Gasteiger partial charge in [-0.2, -0.15) is 0 Å². The fourth-order valence-corrected chi connectivity index (χ4v) is 4.13. The SMILES string of the molecule is CCNC(=O)[C@@H](C)N(Cc1ccccc1)C(=O)CCN1C(=O)[C@H]2CC=CC[C@H]2C1=O. The number of allylic oxidation sites excluding steroid dienone is 2. The van der Waals surface area contributed by atoms with Crippen molar-refractivity contribution in [3.05, 3.63) is 48.0 Å². The summed E-state index contributed by atoms with van der Waals surface area (Å²) >= 11 is 0. The summed E-state index contributed by atoms with van der Waals surface area (Å²) in [6, 6.07) is 8.79. The monoisotopic (exact) mass is 411 g/mol. The average molecular weight is 412 g/mol. The number of rotatable bonds is 8. The molecule has 1 N–H and O–H groups in total. The van der Waals surface area contributed by atoms with E-state index in [-0.39, 0.29) is 55.0 Å². The number of hydrogen-bond acceptors (Lipinski definition) is 4. The number of benzene rings is 1. The molecular formula is C23H29N3O4. The second kappa shape index (κ2) is 9.69. The normalized spacial score (nSPS) is 21.3. The number of imide groups is 1. The van der Waals surface area contributed by atoms with Crippen LogP contribution in [0.1, 0.15) is 38.7 Å². The van der Waals surface area contributed by atoms with Crippen LogP contribution in [0.25, 0.3) is 0 Å². The van der Waals surface area contributed by atoms with Gasteiger partial charge in [-0.1, -0.05) is 42.5 Å². The Morgan fingerprint density at radius 1 is 1.10 bits per heavy atom. The Morgan fingerprint density at radius 2 is 1.70 bits per heavy atom. The summed E-state index contributed by atoms with van der Waals surface area (Å²) in [5, 5.41) is 2.75. The van der Waals surface area contributed by atoms with Gasteiger partial charge < -0.3 is 10.2 Å². The summed E-state index contributed by atoms with van der Waals surface area (Å²) in [4.78, 5) is 53.5. The minimum Gasteiger partial charge on any atom is -0.355 e. The van der Waals surface area contributed by atoms with Crippen molar-refractivity contribution in [2.75, 3.05) is 13.1 Å². The van der Waals surface area contributed by atoms with E-state index in [2.05, 4.69) is 5.32 Å². The highest BCUT2D eigenvalue weighted by Crippen LogP contribution is 2.35. The molecule has 1 aliphatic carbocycles. The van der Waals surface area contributed by atoms with Gasteiger partial charge in [0.1, 0.15) is 6.04 Å². The second-order valence-corrected chi connectivity index (χ2v) is 7.81. The van der Waals surface area contributed by atoms with Crippen molar-refractivity contribution in [1.82, 2.24) is 15.1 Å². The highest BCUT2D eigenvalue weighted by Gasteiger charge is 2.47. The van der Waals surface area contributed by atoms with Crippen LogP contribution >= 0.6 is 0 Å². The maximum Gasteiger partial charge on any atom is 0.242 e. The van der Waals surface area contributed by atoms with Crippen LogP contribution in [0.2, 0.25) is 0 Å². The summed E-state index contributed by atoms with van der Waals surface area (Å²) in [5.41, 5.74) is 0.910. The molecule has 0 spiro atoms. The molecular weight excluding hydrogens is 382 g/mol. The number of nitrogens with one attached hydrogen (secondary N) is 1. The first-order chi connectivity index (χ1) is 14.4. The number of likely N-dealkylation sites (N-methyl/N-ethyl adjacent to an activating group) is 1. The number of likely N-dealkylation sites (tertiary alicyclic amines) is 1. The molecule has 0 radical (unpaired) electrons. The number of fused-ring (bicyclic) bond motifs is 1. The quantitative estimate of drug-likeness (QED) is 0.523. The van der Waals surface area contributed by atoms with E-state index in [1.165, 1.54) is 9.80 Å². The summed E-state index contributed by atoms with van der Waals surface area (Å²) in [6.07, 6.45) is 5.04. The molecule has 1 aromatic rings. The van der Waals surface area contributed by atoms with Crippen LogP contribution < -0.4 is 5.32 Å². The van der Waals surface area contributed by atoms with E-state index in [0.29, 0.717) is 19.4 Å². The molecule has 7 heteroatoms. The summed E-state index contributed by atoms with van der Waals surface area (Å²) < 4.78 is 0. The zero-order chi connectivity index (χ0) is 21.7. The Labute approximate surface area is 177 Å². The van der Waals surface area contributed by atoms with E-state index in [4.69, 9.17) is 0 Å². The van der Waals surface area contributed by atoms with Crippen molar-refractivity contribution in [2.24, 2.45) is 11.8 Å². The minimum atomic E-state index is -0.658. The van der Waals surface area contributed by atoms with Gasteiger partial charge in [0.25, 0.3) is 0 Å². The van der Waals surface area contributed by atoms with Crippen LogP contribution in [0.3, 0.4) is 0 Å². The van der Waals surface area contributed by atoms with Crippen molar-refractivity contribution >= 4 is 23.6 Å². The van der Waals surface area contributed by atoms with Gasteiger partial charge in [0.15, 0.2) is 0 Å². The van der Waals surface area contributed by atoms with Crippen LogP contribution in [0.15, 0.2) is 42.5 Å². The third-order valence-electron chi connectivity index (χ3n) is 5.86. The van der Waals surface area contributed by atoms with Gasteiger partial charge in [0.05, 0.1) is 11.8 Å². The molecule has 3 rings (SSSR count). The molecule has 1 aromatic carbocycles. The van der Waals surface area contributed by atoms with Crippen LogP contribution in [0, 0.1) is 11.8 Å². The number of hydrogen-bond donors (Lipinski definition) is 1. The Hall–Kier alpha value is -2.96.